The lowest BCUT2D eigenvalue weighted by molar-refractivity contribution is 0.101. The molecule has 0 spiro atoms. The number of fused-ring (bicyclic) bond motifs is 1. The van der Waals surface area contributed by atoms with Crippen LogP contribution in [0.15, 0.2) is 42.2 Å². The molecular weight excluding hydrogens is 389 g/mol. The Bertz CT molecular complexity index is 936. The van der Waals surface area contributed by atoms with Gasteiger partial charge in [0, 0.05) is 19.2 Å². The number of halogens is 2. The maximum Gasteiger partial charge on any atom is 0.415 e. The Morgan fingerprint density at radius 3 is 2.63 bits per heavy atom. The normalized spacial score (nSPS) is 14.1. The van der Waals surface area contributed by atoms with Crippen molar-refractivity contribution < 1.29 is 19.1 Å². The van der Waals surface area contributed by atoms with Gasteiger partial charge in [-0.1, -0.05) is 35.3 Å². The molecule has 0 saturated heterocycles. The lowest BCUT2D eigenvalue weighted by Crippen LogP contribution is -2.33. The molecule has 5 nitrogen and oxygen atoms in total. The van der Waals surface area contributed by atoms with Gasteiger partial charge in [0.1, 0.15) is 11.5 Å². The average molecular weight is 406 g/mol. The number of ether oxygens (including phenoxy) is 2. The summed E-state index contributed by atoms with van der Waals surface area (Å²) in [6.07, 6.45) is 1.09. The molecule has 0 fully saturated rings. The van der Waals surface area contributed by atoms with Crippen LogP contribution in [0.25, 0.3) is 6.08 Å². The molecule has 0 atom stereocenters. The van der Waals surface area contributed by atoms with Crippen molar-refractivity contribution in [3.63, 3.8) is 0 Å². The van der Waals surface area contributed by atoms with E-state index < -0.39 is 6.09 Å². The zero-order chi connectivity index (χ0) is 19.6. The molecule has 2 aromatic carbocycles. The summed E-state index contributed by atoms with van der Waals surface area (Å²) in [7, 11) is 0. The number of hydrogen-bond acceptors (Lipinski definition) is 4. The summed E-state index contributed by atoms with van der Waals surface area (Å²) >= 11 is 12.2. The third-order valence-electron chi connectivity index (χ3n) is 4.14. The molecule has 0 unspecified atom stereocenters. The highest BCUT2D eigenvalue weighted by Crippen LogP contribution is 2.36. The predicted octanol–water partition coefficient (Wildman–Crippen LogP) is 5.45. The van der Waals surface area contributed by atoms with Crippen LogP contribution in [-0.2, 0) is 0 Å². The highest BCUT2D eigenvalue weighted by atomic mass is 35.5. The van der Waals surface area contributed by atoms with Gasteiger partial charge in [0.05, 0.1) is 15.6 Å². The largest absolute Gasteiger partial charge is 0.452 e. The molecule has 0 saturated carbocycles. The lowest BCUT2D eigenvalue weighted by Gasteiger charge is -2.17. The van der Waals surface area contributed by atoms with Crippen LogP contribution in [0.5, 0.6) is 11.5 Å². The van der Waals surface area contributed by atoms with Crippen LogP contribution in [0.3, 0.4) is 0 Å². The van der Waals surface area contributed by atoms with Crippen molar-refractivity contribution in [2.75, 3.05) is 13.1 Å². The summed E-state index contributed by atoms with van der Waals surface area (Å²) in [5.74, 6) is 0.485. The van der Waals surface area contributed by atoms with Crippen LogP contribution in [0.1, 0.15) is 29.8 Å². The fourth-order valence-electron chi connectivity index (χ4n) is 2.65. The smallest absolute Gasteiger partial charge is 0.415 e. The average Bonchev–Trinajstić information content (AvgIpc) is 2.95. The maximum atomic E-state index is 12.5. The van der Waals surface area contributed by atoms with Crippen molar-refractivity contribution in [3.05, 3.63) is 63.3 Å². The van der Waals surface area contributed by atoms with Crippen molar-refractivity contribution in [2.45, 2.75) is 13.8 Å². The predicted molar refractivity (Wildman–Crippen MR) is 105 cm³/mol. The lowest BCUT2D eigenvalue weighted by atomic mass is 10.1. The van der Waals surface area contributed by atoms with E-state index in [2.05, 4.69) is 0 Å². The monoisotopic (exact) mass is 405 g/mol. The maximum absolute atomic E-state index is 12.5. The van der Waals surface area contributed by atoms with Crippen LogP contribution in [0.2, 0.25) is 10.0 Å². The third-order valence-corrected chi connectivity index (χ3v) is 4.97. The molecule has 0 bridgehead atoms. The molecule has 3 rings (SSSR count). The Morgan fingerprint density at radius 2 is 1.93 bits per heavy atom. The van der Waals surface area contributed by atoms with Gasteiger partial charge in [-0.3, -0.25) is 4.79 Å². The summed E-state index contributed by atoms with van der Waals surface area (Å²) in [4.78, 5) is 26.2. The first kappa shape index (κ1) is 19.3. The molecule has 0 aromatic heterocycles. The van der Waals surface area contributed by atoms with Gasteiger partial charge in [-0.25, -0.2) is 4.79 Å². The van der Waals surface area contributed by atoms with Crippen LogP contribution in [0.4, 0.5) is 4.79 Å². The molecule has 2 aromatic rings. The molecule has 1 aliphatic rings. The zero-order valence-corrected chi connectivity index (χ0v) is 16.3. The first-order valence-corrected chi connectivity index (χ1v) is 9.19. The second kappa shape index (κ2) is 8.03. The number of nitrogens with zero attached hydrogens (tertiary/aromatic N) is 1. The second-order valence-corrected chi connectivity index (χ2v) is 6.57. The second-order valence-electron chi connectivity index (χ2n) is 5.78. The number of allylic oxidation sites excluding steroid dienone is 1. The summed E-state index contributed by atoms with van der Waals surface area (Å²) < 4.78 is 11.0. The summed E-state index contributed by atoms with van der Waals surface area (Å²) in [5, 5.41) is 0.729. The first-order valence-electron chi connectivity index (χ1n) is 8.43. The van der Waals surface area contributed by atoms with Gasteiger partial charge >= 0.3 is 6.09 Å². The molecule has 0 radical (unpaired) electrons. The van der Waals surface area contributed by atoms with E-state index in [1.807, 2.05) is 13.8 Å². The number of carbonyl (C=O) groups excluding carboxylic acids is 2. The van der Waals surface area contributed by atoms with Gasteiger partial charge in [0.2, 0.25) is 5.78 Å². The van der Waals surface area contributed by atoms with Crippen molar-refractivity contribution in [1.29, 1.82) is 0 Å². The summed E-state index contributed by atoms with van der Waals surface area (Å²) in [6, 6.07) is 9.79. The highest BCUT2D eigenvalue weighted by Gasteiger charge is 2.28. The van der Waals surface area contributed by atoms with Gasteiger partial charge in [0.25, 0.3) is 0 Å². The standard InChI is InChI=1S/C20H17Cl2NO4/c1-3-23(4-2)20(25)26-13-8-9-14-16(11-13)27-17(19(14)24)10-12-6-5-7-15(21)18(12)22/h5-11H,3-4H2,1-2H3/b17-10-. The number of amides is 1. The van der Waals surface area contributed by atoms with Gasteiger partial charge in [0.15, 0.2) is 5.76 Å². The van der Waals surface area contributed by atoms with Crippen molar-refractivity contribution >= 4 is 41.2 Å². The van der Waals surface area contributed by atoms with E-state index in [9.17, 15) is 9.59 Å². The van der Waals surface area contributed by atoms with E-state index in [1.54, 1.807) is 35.2 Å². The quantitative estimate of drug-likeness (QED) is 0.634. The van der Waals surface area contributed by atoms with E-state index >= 15 is 0 Å². The molecule has 27 heavy (non-hydrogen) atoms. The molecule has 7 heteroatoms. The van der Waals surface area contributed by atoms with E-state index in [1.165, 1.54) is 12.1 Å². The van der Waals surface area contributed by atoms with Crippen molar-refractivity contribution in [1.82, 2.24) is 4.90 Å². The molecule has 1 aliphatic heterocycles. The fourth-order valence-corrected chi connectivity index (χ4v) is 3.01. The van der Waals surface area contributed by atoms with Gasteiger partial charge in [-0.05, 0) is 43.7 Å². The molecular formula is C20H17Cl2NO4. The third kappa shape index (κ3) is 3.94. The molecule has 1 heterocycles. The van der Waals surface area contributed by atoms with Crippen LogP contribution in [-0.4, -0.2) is 29.9 Å². The SMILES string of the molecule is CCN(CC)C(=O)Oc1ccc2c(c1)O/C(=C\c1cccc(Cl)c1Cl)C2=O. The molecule has 1 amide bonds. The van der Waals surface area contributed by atoms with E-state index in [0.717, 1.165) is 0 Å². The van der Waals surface area contributed by atoms with Crippen LogP contribution in [0, 0.1) is 0 Å². The Kier molecular flexibility index (Phi) is 5.73. The molecule has 0 N–H and O–H groups in total. The zero-order valence-electron chi connectivity index (χ0n) is 14.8. The minimum Gasteiger partial charge on any atom is -0.452 e. The van der Waals surface area contributed by atoms with Crippen LogP contribution >= 0.6 is 23.2 Å². The van der Waals surface area contributed by atoms with Crippen molar-refractivity contribution in [3.8, 4) is 11.5 Å². The summed E-state index contributed by atoms with van der Waals surface area (Å²) in [6.45, 7) is 4.83. The fraction of sp³-hybridized carbons (Fsp3) is 0.200. The minimum absolute atomic E-state index is 0.126. The molecule has 140 valence electrons. The minimum atomic E-state index is -0.453. The number of hydrogen-bond donors (Lipinski definition) is 0. The Hall–Kier alpha value is -2.50. The number of rotatable bonds is 4. The first-order chi connectivity index (χ1) is 12.9. The highest BCUT2D eigenvalue weighted by molar-refractivity contribution is 6.43. The van der Waals surface area contributed by atoms with Gasteiger partial charge in [-0.2, -0.15) is 0 Å². The molecule has 0 aliphatic carbocycles. The Morgan fingerprint density at radius 1 is 1.19 bits per heavy atom. The van der Waals surface area contributed by atoms with E-state index in [0.29, 0.717) is 45.8 Å². The van der Waals surface area contributed by atoms with Gasteiger partial charge in [-0.15, -0.1) is 0 Å². The number of carbonyl (C=O) groups is 2. The Balaban J connectivity index is 1.84. The van der Waals surface area contributed by atoms with E-state index in [4.69, 9.17) is 32.7 Å². The van der Waals surface area contributed by atoms with Gasteiger partial charge < -0.3 is 14.4 Å². The number of benzene rings is 2. The summed E-state index contributed by atoms with van der Waals surface area (Å²) in [5.41, 5.74) is 0.968. The number of ketones is 1. The van der Waals surface area contributed by atoms with Crippen molar-refractivity contribution in [2.24, 2.45) is 0 Å². The Labute approximate surface area is 167 Å². The number of Topliss-reactive ketones (excluding diaryl/α,β-unsaturated/α-hetero) is 1. The van der Waals surface area contributed by atoms with E-state index in [-0.39, 0.29) is 11.5 Å². The van der Waals surface area contributed by atoms with Crippen LogP contribution < -0.4 is 9.47 Å². The topological polar surface area (TPSA) is 55.8 Å².